The third kappa shape index (κ3) is 3.01. The highest BCUT2D eigenvalue weighted by molar-refractivity contribution is 7.17. The third-order valence-corrected chi connectivity index (χ3v) is 5.98. The summed E-state index contributed by atoms with van der Waals surface area (Å²) in [7, 11) is 0. The van der Waals surface area contributed by atoms with Gasteiger partial charge in [-0.2, -0.15) is 0 Å². The van der Waals surface area contributed by atoms with Crippen molar-refractivity contribution >= 4 is 27.4 Å². The number of anilines is 1. The highest BCUT2D eigenvalue weighted by atomic mass is 32.1. The molecule has 1 fully saturated rings. The van der Waals surface area contributed by atoms with Crippen LogP contribution in [0.2, 0.25) is 0 Å². The zero-order valence-corrected chi connectivity index (χ0v) is 14.7. The molecule has 0 spiro atoms. The van der Waals surface area contributed by atoms with E-state index in [1.54, 1.807) is 17.7 Å². The fourth-order valence-electron chi connectivity index (χ4n) is 3.65. The van der Waals surface area contributed by atoms with E-state index in [1.807, 2.05) is 18.2 Å². The second-order valence-corrected chi connectivity index (χ2v) is 7.37. The molecule has 2 aromatic heterocycles. The van der Waals surface area contributed by atoms with Crippen molar-refractivity contribution in [2.45, 2.75) is 6.42 Å². The average Bonchev–Trinajstić information content (AvgIpc) is 3.31. The number of nitrogens with zero attached hydrogens (tertiary/aromatic N) is 3. The van der Waals surface area contributed by atoms with Gasteiger partial charge in [-0.25, -0.2) is 9.97 Å². The summed E-state index contributed by atoms with van der Waals surface area (Å²) >= 11 is 1.64. The molecular weight excluding hydrogens is 334 g/mol. The van der Waals surface area contributed by atoms with Gasteiger partial charge in [0.05, 0.1) is 5.39 Å². The number of fused-ring (bicyclic) bond motifs is 1. The number of aliphatic hydroxyl groups excluding tert-OH is 2. The third-order valence-electron chi connectivity index (χ3n) is 5.09. The molecule has 0 unspecified atom stereocenters. The van der Waals surface area contributed by atoms with E-state index in [4.69, 9.17) is 0 Å². The Labute approximate surface area is 150 Å². The first kappa shape index (κ1) is 16.4. The molecule has 0 saturated carbocycles. The Kier molecular flexibility index (Phi) is 4.65. The van der Waals surface area contributed by atoms with E-state index >= 15 is 0 Å². The SMILES string of the molecule is OCC(CO)[C@@H]1CCN(c2ncnc3scc(-c4ccccc4)c23)C1. The van der Waals surface area contributed by atoms with Gasteiger partial charge in [0.1, 0.15) is 17.0 Å². The van der Waals surface area contributed by atoms with Crippen molar-refractivity contribution in [3.8, 4) is 11.1 Å². The van der Waals surface area contributed by atoms with Crippen LogP contribution in [-0.4, -0.2) is 46.5 Å². The molecule has 0 bridgehead atoms. The molecule has 3 heterocycles. The molecule has 0 radical (unpaired) electrons. The second-order valence-electron chi connectivity index (χ2n) is 6.51. The summed E-state index contributed by atoms with van der Waals surface area (Å²) in [6.07, 6.45) is 2.59. The molecule has 0 aliphatic carbocycles. The van der Waals surface area contributed by atoms with Crippen LogP contribution in [0.5, 0.6) is 0 Å². The highest BCUT2D eigenvalue weighted by Gasteiger charge is 2.31. The van der Waals surface area contributed by atoms with E-state index in [2.05, 4.69) is 32.4 Å². The minimum Gasteiger partial charge on any atom is -0.396 e. The van der Waals surface area contributed by atoms with Gasteiger partial charge in [0.25, 0.3) is 0 Å². The average molecular weight is 355 g/mol. The number of thiophene rings is 1. The van der Waals surface area contributed by atoms with Crippen LogP contribution in [0.4, 0.5) is 5.82 Å². The molecule has 1 saturated heterocycles. The normalized spacial score (nSPS) is 17.7. The summed E-state index contributed by atoms with van der Waals surface area (Å²) in [4.78, 5) is 12.3. The molecule has 2 N–H and O–H groups in total. The van der Waals surface area contributed by atoms with Gasteiger partial charge in [-0.15, -0.1) is 11.3 Å². The maximum Gasteiger partial charge on any atom is 0.141 e. The van der Waals surface area contributed by atoms with Crippen molar-refractivity contribution < 1.29 is 10.2 Å². The van der Waals surface area contributed by atoms with Gasteiger partial charge in [0.15, 0.2) is 0 Å². The van der Waals surface area contributed by atoms with E-state index in [9.17, 15) is 10.2 Å². The van der Waals surface area contributed by atoms with Gasteiger partial charge in [0.2, 0.25) is 0 Å². The van der Waals surface area contributed by atoms with E-state index in [0.29, 0.717) is 5.92 Å². The van der Waals surface area contributed by atoms with Crippen molar-refractivity contribution in [1.82, 2.24) is 9.97 Å². The zero-order valence-electron chi connectivity index (χ0n) is 13.9. The first-order valence-electron chi connectivity index (χ1n) is 8.56. The van der Waals surface area contributed by atoms with Crippen LogP contribution < -0.4 is 4.90 Å². The molecule has 1 aliphatic rings. The fourth-order valence-corrected chi connectivity index (χ4v) is 4.56. The minimum atomic E-state index is -0.0570. The number of rotatable bonds is 5. The lowest BCUT2D eigenvalue weighted by Gasteiger charge is -2.21. The van der Waals surface area contributed by atoms with Gasteiger partial charge in [-0.1, -0.05) is 30.3 Å². The van der Waals surface area contributed by atoms with E-state index in [0.717, 1.165) is 35.5 Å². The number of hydrogen-bond donors (Lipinski definition) is 2. The number of aromatic nitrogens is 2. The van der Waals surface area contributed by atoms with Crippen LogP contribution in [0.15, 0.2) is 42.0 Å². The Morgan fingerprint density at radius 1 is 1.16 bits per heavy atom. The molecule has 1 aliphatic heterocycles. The lowest BCUT2D eigenvalue weighted by Crippen LogP contribution is -2.27. The number of hydrogen-bond acceptors (Lipinski definition) is 6. The monoisotopic (exact) mass is 355 g/mol. The molecule has 4 rings (SSSR count). The predicted octanol–water partition coefficient (Wildman–Crippen LogP) is 2.79. The maximum atomic E-state index is 9.47. The molecule has 0 amide bonds. The fraction of sp³-hybridized carbons (Fsp3) is 0.368. The predicted molar refractivity (Wildman–Crippen MR) is 101 cm³/mol. The molecule has 6 heteroatoms. The van der Waals surface area contributed by atoms with Gasteiger partial charge >= 0.3 is 0 Å². The van der Waals surface area contributed by atoms with Crippen molar-refractivity contribution in [2.75, 3.05) is 31.2 Å². The topological polar surface area (TPSA) is 69.5 Å². The van der Waals surface area contributed by atoms with Crippen molar-refractivity contribution in [3.63, 3.8) is 0 Å². The Morgan fingerprint density at radius 2 is 1.96 bits per heavy atom. The minimum absolute atomic E-state index is 0.0297. The largest absolute Gasteiger partial charge is 0.396 e. The van der Waals surface area contributed by atoms with Gasteiger partial charge < -0.3 is 15.1 Å². The van der Waals surface area contributed by atoms with Gasteiger partial charge in [-0.05, 0) is 17.9 Å². The zero-order chi connectivity index (χ0) is 17.2. The van der Waals surface area contributed by atoms with Crippen LogP contribution in [0.3, 0.4) is 0 Å². The molecule has 1 aromatic carbocycles. The lowest BCUT2D eigenvalue weighted by molar-refractivity contribution is 0.113. The van der Waals surface area contributed by atoms with E-state index in [-0.39, 0.29) is 19.1 Å². The molecular formula is C19H21N3O2S. The van der Waals surface area contributed by atoms with Crippen LogP contribution in [0.25, 0.3) is 21.3 Å². The first-order chi connectivity index (χ1) is 12.3. The molecule has 1 atom stereocenters. The smallest absolute Gasteiger partial charge is 0.141 e. The summed E-state index contributed by atoms with van der Waals surface area (Å²) in [6.45, 7) is 1.75. The Bertz CT molecular complexity index is 848. The molecule has 5 nitrogen and oxygen atoms in total. The number of benzene rings is 1. The van der Waals surface area contributed by atoms with E-state index < -0.39 is 0 Å². The standard InChI is InChI=1S/C19H21N3O2S/c23-9-15(10-24)14-6-7-22(8-14)18-17-16(13-4-2-1-3-5-13)11-25-19(17)21-12-20-18/h1-5,11-12,14-15,23-24H,6-10H2/t14-/m1/s1. The maximum absolute atomic E-state index is 9.47. The Hall–Kier alpha value is -2.02. The summed E-state index contributed by atoms with van der Waals surface area (Å²) in [5.74, 6) is 1.19. The number of aliphatic hydroxyl groups is 2. The van der Waals surface area contributed by atoms with Crippen LogP contribution >= 0.6 is 11.3 Å². The summed E-state index contributed by atoms with van der Waals surface area (Å²) in [6, 6.07) is 10.3. The van der Waals surface area contributed by atoms with Crippen LogP contribution in [-0.2, 0) is 0 Å². The second kappa shape index (κ2) is 7.07. The van der Waals surface area contributed by atoms with Crippen molar-refractivity contribution in [1.29, 1.82) is 0 Å². The summed E-state index contributed by atoms with van der Waals surface area (Å²) in [5.41, 5.74) is 2.34. The van der Waals surface area contributed by atoms with Crippen molar-refractivity contribution in [3.05, 3.63) is 42.0 Å². The molecule has 130 valence electrons. The lowest BCUT2D eigenvalue weighted by atomic mass is 9.93. The van der Waals surface area contributed by atoms with Crippen LogP contribution in [0, 0.1) is 11.8 Å². The van der Waals surface area contributed by atoms with Gasteiger partial charge in [0, 0.05) is 43.2 Å². The molecule has 3 aromatic rings. The van der Waals surface area contributed by atoms with E-state index in [1.165, 1.54) is 11.1 Å². The van der Waals surface area contributed by atoms with Crippen molar-refractivity contribution in [2.24, 2.45) is 11.8 Å². The highest BCUT2D eigenvalue weighted by Crippen LogP contribution is 2.39. The Balaban J connectivity index is 1.72. The molecule has 25 heavy (non-hydrogen) atoms. The Morgan fingerprint density at radius 3 is 2.72 bits per heavy atom. The quantitative estimate of drug-likeness (QED) is 0.736. The summed E-state index contributed by atoms with van der Waals surface area (Å²) < 4.78 is 0. The van der Waals surface area contributed by atoms with Gasteiger partial charge in [-0.3, -0.25) is 0 Å². The van der Waals surface area contributed by atoms with Crippen LogP contribution in [0.1, 0.15) is 6.42 Å². The summed E-state index contributed by atoms with van der Waals surface area (Å²) in [5, 5.41) is 22.2. The first-order valence-corrected chi connectivity index (χ1v) is 9.44.